The summed E-state index contributed by atoms with van der Waals surface area (Å²) >= 11 is 2.08. The smallest absolute Gasteiger partial charge is 0.0707 e. The van der Waals surface area contributed by atoms with Crippen LogP contribution in [0.4, 0.5) is 0 Å². The van der Waals surface area contributed by atoms with E-state index in [1.807, 2.05) is 0 Å². The van der Waals surface area contributed by atoms with Gasteiger partial charge >= 0.3 is 0 Å². The molecule has 2 heterocycles. The topological polar surface area (TPSA) is 24.5 Å². The van der Waals surface area contributed by atoms with Crippen molar-refractivity contribution in [2.24, 2.45) is 0 Å². The molecule has 0 saturated carbocycles. The first-order valence-corrected chi connectivity index (χ1v) is 8.82. The van der Waals surface area contributed by atoms with Gasteiger partial charge in [0.05, 0.1) is 12.2 Å². The molecule has 0 aromatic carbocycles. The van der Waals surface area contributed by atoms with Crippen molar-refractivity contribution in [1.29, 1.82) is 0 Å². The van der Waals surface area contributed by atoms with Gasteiger partial charge in [0, 0.05) is 42.7 Å². The van der Waals surface area contributed by atoms with E-state index in [1.54, 1.807) is 0 Å². The van der Waals surface area contributed by atoms with Gasteiger partial charge in [0.15, 0.2) is 0 Å². The maximum absolute atomic E-state index is 6.20. The molecule has 3 unspecified atom stereocenters. The molecule has 1 N–H and O–H groups in total. The van der Waals surface area contributed by atoms with Crippen molar-refractivity contribution in [3.63, 3.8) is 0 Å². The standard InChI is InChI=1S/C15H30N2OS/c1-12-11-19-8-7-17(12)10-14-6-5-13(18-14)9-16-15(2,3)4/h12-14,16H,5-11H2,1-4H3. The lowest BCUT2D eigenvalue weighted by Crippen LogP contribution is -2.45. The van der Waals surface area contributed by atoms with Crippen molar-refractivity contribution in [1.82, 2.24) is 10.2 Å². The number of thioether (sulfide) groups is 1. The number of ether oxygens (including phenoxy) is 1. The Labute approximate surface area is 122 Å². The van der Waals surface area contributed by atoms with Gasteiger partial charge in [-0.05, 0) is 40.5 Å². The number of nitrogens with zero attached hydrogens (tertiary/aromatic N) is 1. The maximum atomic E-state index is 6.20. The van der Waals surface area contributed by atoms with Crippen LogP contribution in [0.25, 0.3) is 0 Å². The summed E-state index contributed by atoms with van der Waals surface area (Å²) in [7, 11) is 0. The van der Waals surface area contributed by atoms with E-state index in [0.717, 1.165) is 13.1 Å². The van der Waals surface area contributed by atoms with Crippen LogP contribution in [-0.2, 0) is 4.74 Å². The summed E-state index contributed by atoms with van der Waals surface area (Å²) in [5.74, 6) is 2.56. The number of nitrogens with one attached hydrogen (secondary N) is 1. The van der Waals surface area contributed by atoms with Crippen molar-refractivity contribution in [2.75, 3.05) is 31.1 Å². The maximum Gasteiger partial charge on any atom is 0.0707 e. The third kappa shape index (κ3) is 5.25. The van der Waals surface area contributed by atoms with Crippen LogP contribution in [0.3, 0.4) is 0 Å². The Balaban J connectivity index is 1.69. The van der Waals surface area contributed by atoms with Crippen LogP contribution in [-0.4, -0.2) is 59.8 Å². The van der Waals surface area contributed by atoms with Gasteiger partial charge in [-0.3, -0.25) is 4.90 Å². The number of hydrogen-bond donors (Lipinski definition) is 1. The van der Waals surface area contributed by atoms with E-state index < -0.39 is 0 Å². The lowest BCUT2D eigenvalue weighted by molar-refractivity contribution is 0.0161. The van der Waals surface area contributed by atoms with E-state index >= 15 is 0 Å². The van der Waals surface area contributed by atoms with Crippen molar-refractivity contribution in [3.05, 3.63) is 0 Å². The van der Waals surface area contributed by atoms with Gasteiger partial charge in [0.25, 0.3) is 0 Å². The summed E-state index contributed by atoms with van der Waals surface area (Å²) in [4.78, 5) is 2.61. The average molecular weight is 286 g/mol. The fourth-order valence-corrected chi connectivity index (χ4v) is 3.86. The van der Waals surface area contributed by atoms with Gasteiger partial charge in [-0.2, -0.15) is 11.8 Å². The molecule has 3 atom stereocenters. The Morgan fingerprint density at radius 3 is 2.68 bits per heavy atom. The van der Waals surface area contributed by atoms with Crippen LogP contribution >= 0.6 is 11.8 Å². The van der Waals surface area contributed by atoms with E-state index in [1.165, 1.54) is 30.9 Å². The summed E-state index contributed by atoms with van der Waals surface area (Å²) < 4.78 is 6.20. The second-order valence-corrected chi connectivity index (χ2v) is 8.16. The molecule has 0 aromatic rings. The minimum Gasteiger partial charge on any atom is -0.372 e. The first-order valence-electron chi connectivity index (χ1n) is 7.66. The molecule has 19 heavy (non-hydrogen) atoms. The lowest BCUT2D eigenvalue weighted by Gasteiger charge is -2.34. The first kappa shape index (κ1) is 15.6. The van der Waals surface area contributed by atoms with Crippen LogP contribution < -0.4 is 5.32 Å². The number of rotatable bonds is 4. The van der Waals surface area contributed by atoms with Crippen molar-refractivity contribution in [3.8, 4) is 0 Å². The molecule has 2 saturated heterocycles. The molecule has 2 aliphatic rings. The SMILES string of the molecule is CC1CSCCN1CC1CCC(CNC(C)(C)C)O1. The van der Waals surface area contributed by atoms with E-state index in [4.69, 9.17) is 4.74 Å². The van der Waals surface area contributed by atoms with Gasteiger partial charge in [0.1, 0.15) is 0 Å². The second kappa shape index (κ2) is 6.79. The fraction of sp³-hybridized carbons (Fsp3) is 1.00. The predicted octanol–water partition coefficient (Wildman–Crippen LogP) is 2.36. The zero-order valence-electron chi connectivity index (χ0n) is 12.9. The summed E-state index contributed by atoms with van der Waals surface area (Å²) in [5.41, 5.74) is 0.194. The third-order valence-electron chi connectivity index (χ3n) is 4.00. The Morgan fingerprint density at radius 2 is 2.00 bits per heavy atom. The van der Waals surface area contributed by atoms with E-state index in [2.05, 4.69) is 49.7 Å². The van der Waals surface area contributed by atoms with Crippen LogP contribution in [0.15, 0.2) is 0 Å². The molecule has 2 fully saturated rings. The normalized spacial score (nSPS) is 33.8. The minimum atomic E-state index is 0.194. The monoisotopic (exact) mass is 286 g/mol. The molecule has 0 spiro atoms. The molecular formula is C15H30N2OS. The summed E-state index contributed by atoms with van der Waals surface area (Å²) in [6.07, 6.45) is 3.31. The molecule has 0 aliphatic carbocycles. The molecule has 2 rings (SSSR count). The molecule has 0 amide bonds. The average Bonchev–Trinajstić information content (AvgIpc) is 2.77. The van der Waals surface area contributed by atoms with Gasteiger partial charge < -0.3 is 10.1 Å². The van der Waals surface area contributed by atoms with E-state index in [0.29, 0.717) is 18.2 Å². The van der Waals surface area contributed by atoms with E-state index in [9.17, 15) is 0 Å². The van der Waals surface area contributed by atoms with Crippen LogP contribution in [0.1, 0.15) is 40.5 Å². The summed E-state index contributed by atoms with van der Waals surface area (Å²) in [6, 6.07) is 0.717. The highest BCUT2D eigenvalue weighted by molar-refractivity contribution is 7.99. The molecule has 112 valence electrons. The first-order chi connectivity index (χ1) is 8.94. The second-order valence-electron chi connectivity index (χ2n) is 7.01. The number of hydrogen-bond acceptors (Lipinski definition) is 4. The molecule has 0 radical (unpaired) electrons. The highest BCUT2D eigenvalue weighted by Gasteiger charge is 2.29. The zero-order valence-corrected chi connectivity index (χ0v) is 13.8. The van der Waals surface area contributed by atoms with Gasteiger partial charge in [-0.1, -0.05) is 0 Å². The molecule has 2 aliphatic heterocycles. The largest absolute Gasteiger partial charge is 0.372 e. The Kier molecular flexibility index (Phi) is 5.58. The lowest BCUT2D eigenvalue weighted by atomic mass is 10.1. The Bertz CT molecular complexity index is 280. The van der Waals surface area contributed by atoms with Crippen LogP contribution in [0.5, 0.6) is 0 Å². The fourth-order valence-electron chi connectivity index (χ4n) is 2.78. The molecule has 4 heteroatoms. The zero-order chi connectivity index (χ0) is 13.9. The molecule has 0 aromatic heterocycles. The van der Waals surface area contributed by atoms with E-state index in [-0.39, 0.29) is 5.54 Å². The molecular weight excluding hydrogens is 256 g/mol. The minimum absolute atomic E-state index is 0.194. The quantitative estimate of drug-likeness (QED) is 0.857. The summed E-state index contributed by atoms with van der Waals surface area (Å²) in [6.45, 7) is 12.3. The molecule has 0 bridgehead atoms. The highest BCUT2D eigenvalue weighted by atomic mass is 32.2. The summed E-state index contributed by atoms with van der Waals surface area (Å²) in [5, 5.41) is 3.55. The van der Waals surface area contributed by atoms with Crippen LogP contribution in [0.2, 0.25) is 0 Å². The van der Waals surface area contributed by atoms with Crippen LogP contribution in [0, 0.1) is 0 Å². The predicted molar refractivity (Wildman–Crippen MR) is 84.0 cm³/mol. The third-order valence-corrected chi connectivity index (χ3v) is 5.19. The van der Waals surface area contributed by atoms with Crippen molar-refractivity contribution >= 4 is 11.8 Å². The van der Waals surface area contributed by atoms with Gasteiger partial charge in [0.2, 0.25) is 0 Å². The Morgan fingerprint density at radius 1 is 1.26 bits per heavy atom. The van der Waals surface area contributed by atoms with Gasteiger partial charge in [-0.25, -0.2) is 0 Å². The van der Waals surface area contributed by atoms with Gasteiger partial charge in [-0.15, -0.1) is 0 Å². The highest BCUT2D eigenvalue weighted by Crippen LogP contribution is 2.23. The van der Waals surface area contributed by atoms with Crippen molar-refractivity contribution in [2.45, 2.75) is 64.3 Å². The molecule has 3 nitrogen and oxygen atoms in total. The Hall–Kier alpha value is 0.230. The van der Waals surface area contributed by atoms with Crippen molar-refractivity contribution < 1.29 is 4.74 Å².